The fraction of sp³-hybridized carbons (Fsp3) is 0.333. The van der Waals surface area contributed by atoms with Crippen LogP contribution in [0.3, 0.4) is 0 Å². The molecule has 1 N–H and O–H groups in total. The van der Waals surface area contributed by atoms with Crippen LogP contribution < -0.4 is 10.9 Å². The van der Waals surface area contributed by atoms with Gasteiger partial charge in [-0.25, -0.2) is 14.4 Å². The minimum Gasteiger partial charge on any atom is -0.466 e. The predicted molar refractivity (Wildman–Crippen MR) is 118 cm³/mol. The summed E-state index contributed by atoms with van der Waals surface area (Å²) in [7, 11) is 2.35. The van der Waals surface area contributed by atoms with Crippen LogP contribution in [0.2, 0.25) is 0 Å². The molecule has 0 unspecified atom stereocenters. The molecule has 0 aliphatic carbocycles. The van der Waals surface area contributed by atoms with E-state index in [4.69, 9.17) is 18.6 Å². The fourth-order valence-corrected chi connectivity index (χ4v) is 3.87. The molecular formula is C24H25NO8. The molecule has 0 saturated heterocycles. The lowest BCUT2D eigenvalue weighted by Crippen LogP contribution is -2.37. The Balaban J connectivity index is 2.02. The third-order valence-electron chi connectivity index (χ3n) is 5.69. The summed E-state index contributed by atoms with van der Waals surface area (Å²) in [5.41, 5.74) is 2.60. The van der Waals surface area contributed by atoms with Gasteiger partial charge in [-0.05, 0) is 38.8 Å². The standard InChI is InChI=1S/C24H25NO8/c1-11-7-8-16-15(9-17(26)33-21(16)12(11)2)10-32-24(29)20-18(22(27)30-5)13(3)25-14(4)19(20)23(28)31-6/h7-9,20,25H,10H2,1-6H3. The number of carbonyl (C=O) groups excluding carboxylic acids is 3. The van der Waals surface area contributed by atoms with E-state index in [-0.39, 0.29) is 17.8 Å². The van der Waals surface area contributed by atoms with Crippen LogP contribution in [0.15, 0.2) is 50.0 Å². The Labute approximate surface area is 190 Å². The van der Waals surface area contributed by atoms with Gasteiger partial charge in [-0.2, -0.15) is 0 Å². The van der Waals surface area contributed by atoms with Gasteiger partial charge < -0.3 is 23.9 Å². The monoisotopic (exact) mass is 455 g/mol. The van der Waals surface area contributed by atoms with Gasteiger partial charge in [0.05, 0.1) is 25.4 Å². The smallest absolute Gasteiger partial charge is 0.336 e. The number of dihydropyridines is 1. The molecule has 0 amide bonds. The first-order valence-corrected chi connectivity index (χ1v) is 10.1. The highest BCUT2D eigenvalue weighted by molar-refractivity contribution is 6.05. The van der Waals surface area contributed by atoms with E-state index >= 15 is 0 Å². The zero-order valence-corrected chi connectivity index (χ0v) is 19.3. The van der Waals surface area contributed by atoms with Crippen molar-refractivity contribution >= 4 is 28.9 Å². The van der Waals surface area contributed by atoms with Crippen LogP contribution in [-0.4, -0.2) is 32.1 Å². The first-order chi connectivity index (χ1) is 15.6. The number of benzene rings is 1. The quantitative estimate of drug-likeness (QED) is 0.412. The number of hydrogen-bond acceptors (Lipinski definition) is 9. The van der Waals surface area contributed by atoms with Crippen molar-refractivity contribution in [3.8, 4) is 0 Å². The van der Waals surface area contributed by atoms with Crippen molar-refractivity contribution in [1.82, 2.24) is 5.32 Å². The van der Waals surface area contributed by atoms with Crippen LogP contribution >= 0.6 is 0 Å². The number of nitrogens with one attached hydrogen (secondary N) is 1. The number of carbonyl (C=O) groups is 3. The molecule has 0 saturated carbocycles. The summed E-state index contributed by atoms with van der Waals surface area (Å²) in [5.74, 6) is -3.79. The Hall–Kier alpha value is -3.88. The normalized spacial score (nSPS) is 14.2. The van der Waals surface area contributed by atoms with Crippen molar-refractivity contribution in [3.63, 3.8) is 0 Å². The number of hydrogen-bond donors (Lipinski definition) is 1. The Bertz CT molecular complexity index is 1240. The fourth-order valence-electron chi connectivity index (χ4n) is 3.87. The second-order valence-corrected chi connectivity index (χ2v) is 7.70. The van der Waals surface area contributed by atoms with Crippen LogP contribution in [0.5, 0.6) is 0 Å². The van der Waals surface area contributed by atoms with Crippen molar-refractivity contribution < 1.29 is 33.0 Å². The Kier molecular flexibility index (Phi) is 6.71. The van der Waals surface area contributed by atoms with Crippen LogP contribution in [0.4, 0.5) is 0 Å². The number of allylic oxidation sites excluding steroid dienone is 2. The molecule has 0 radical (unpaired) electrons. The molecule has 9 nitrogen and oxygen atoms in total. The molecule has 0 atom stereocenters. The Morgan fingerprint density at radius 3 is 2.09 bits per heavy atom. The first-order valence-electron chi connectivity index (χ1n) is 10.1. The second kappa shape index (κ2) is 9.32. The average Bonchev–Trinajstić information content (AvgIpc) is 2.78. The largest absolute Gasteiger partial charge is 0.466 e. The summed E-state index contributed by atoms with van der Waals surface area (Å²) < 4.78 is 20.5. The van der Waals surface area contributed by atoms with Gasteiger partial charge in [-0.3, -0.25) is 4.79 Å². The van der Waals surface area contributed by atoms with Gasteiger partial charge in [0.2, 0.25) is 0 Å². The van der Waals surface area contributed by atoms with E-state index in [1.807, 2.05) is 19.9 Å². The Morgan fingerprint density at radius 1 is 0.970 bits per heavy atom. The molecule has 2 aromatic rings. The van der Waals surface area contributed by atoms with E-state index in [2.05, 4.69) is 5.32 Å². The van der Waals surface area contributed by atoms with Crippen LogP contribution in [0.25, 0.3) is 11.0 Å². The SMILES string of the molecule is COC(=O)C1=C(C)NC(C)=C(C(=O)OC)C1C(=O)OCc1cc(=O)oc2c(C)c(C)ccc12. The number of esters is 3. The third kappa shape index (κ3) is 4.39. The number of methoxy groups -OCH3 is 2. The number of ether oxygens (including phenoxy) is 3. The molecule has 1 aliphatic heterocycles. The highest BCUT2D eigenvalue weighted by Gasteiger charge is 2.42. The number of aryl methyl sites for hydroxylation is 2. The maximum atomic E-state index is 13.2. The summed E-state index contributed by atoms with van der Waals surface area (Å²) >= 11 is 0. The second-order valence-electron chi connectivity index (χ2n) is 7.70. The minimum atomic E-state index is -1.36. The van der Waals surface area contributed by atoms with Gasteiger partial charge in [0, 0.05) is 28.4 Å². The predicted octanol–water partition coefficient (Wildman–Crippen LogP) is 2.57. The maximum Gasteiger partial charge on any atom is 0.336 e. The van der Waals surface area contributed by atoms with Crippen molar-refractivity contribution in [3.05, 3.63) is 67.8 Å². The first kappa shape index (κ1) is 23.8. The van der Waals surface area contributed by atoms with Crippen molar-refractivity contribution in [2.45, 2.75) is 34.3 Å². The van der Waals surface area contributed by atoms with Crippen molar-refractivity contribution in [2.75, 3.05) is 14.2 Å². The van der Waals surface area contributed by atoms with E-state index in [9.17, 15) is 19.2 Å². The molecule has 9 heteroatoms. The molecule has 0 bridgehead atoms. The van der Waals surface area contributed by atoms with Gasteiger partial charge in [-0.1, -0.05) is 12.1 Å². The summed E-state index contributed by atoms with van der Waals surface area (Å²) in [4.78, 5) is 50.3. The lowest BCUT2D eigenvalue weighted by Gasteiger charge is -2.28. The van der Waals surface area contributed by atoms with Crippen molar-refractivity contribution in [2.24, 2.45) is 5.92 Å². The Morgan fingerprint density at radius 2 is 1.55 bits per heavy atom. The van der Waals surface area contributed by atoms with Crippen LogP contribution in [0, 0.1) is 19.8 Å². The van der Waals surface area contributed by atoms with Crippen LogP contribution in [0.1, 0.15) is 30.5 Å². The summed E-state index contributed by atoms with van der Waals surface area (Å²) in [5, 5.41) is 3.53. The molecule has 33 heavy (non-hydrogen) atoms. The maximum absolute atomic E-state index is 13.2. The van der Waals surface area contributed by atoms with E-state index in [1.165, 1.54) is 20.3 Å². The van der Waals surface area contributed by atoms with E-state index < -0.39 is 29.5 Å². The highest BCUT2D eigenvalue weighted by atomic mass is 16.5. The van der Waals surface area contributed by atoms with Gasteiger partial charge >= 0.3 is 23.5 Å². The minimum absolute atomic E-state index is 0.0580. The third-order valence-corrected chi connectivity index (χ3v) is 5.69. The molecular weight excluding hydrogens is 430 g/mol. The average molecular weight is 455 g/mol. The summed E-state index contributed by atoms with van der Waals surface area (Å²) in [6.07, 6.45) is 0. The molecule has 1 aliphatic rings. The molecule has 3 rings (SSSR count). The van der Waals surface area contributed by atoms with E-state index in [0.29, 0.717) is 27.9 Å². The highest BCUT2D eigenvalue weighted by Crippen LogP contribution is 2.33. The zero-order chi connectivity index (χ0) is 24.4. The van der Waals surface area contributed by atoms with Gasteiger partial charge in [-0.15, -0.1) is 0 Å². The summed E-state index contributed by atoms with van der Waals surface area (Å²) in [6.45, 7) is 6.63. The van der Waals surface area contributed by atoms with Gasteiger partial charge in [0.1, 0.15) is 18.1 Å². The van der Waals surface area contributed by atoms with Crippen molar-refractivity contribution in [1.29, 1.82) is 0 Å². The lowest BCUT2D eigenvalue weighted by atomic mass is 9.85. The molecule has 1 aromatic carbocycles. The molecule has 1 aromatic heterocycles. The van der Waals surface area contributed by atoms with E-state index in [0.717, 1.165) is 11.1 Å². The lowest BCUT2D eigenvalue weighted by molar-refractivity contribution is -0.152. The molecule has 0 fully saturated rings. The van der Waals surface area contributed by atoms with E-state index in [1.54, 1.807) is 19.9 Å². The number of fused-ring (bicyclic) bond motifs is 1. The molecule has 2 heterocycles. The zero-order valence-electron chi connectivity index (χ0n) is 19.3. The van der Waals surface area contributed by atoms with Crippen LogP contribution in [-0.2, 0) is 35.2 Å². The number of rotatable bonds is 5. The van der Waals surface area contributed by atoms with Gasteiger partial charge in [0.15, 0.2) is 0 Å². The van der Waals surface area contributed by atoms with Gasteiger partial charge in [0.25, 0.3) is 0 Å². The molecule has 174 valence electrons. The molecule has 0 spiro atoms. The topological polar surface area (TPSA) is 121 Å². The summed E-state index contributed by atoms with van der Waals surface area (Å²) in [6, 6.07) is 4.90.